The standard InChI is InChI=1S/C20H23NO/c1-2-8-19(17-10-4-3-5-11-17)20(22)21-14-13-16-9-6-7-12-18(16)15-21/h3-7,9-12,19H,2,8,13-15H2,1H3. The summed E-state index contributed by atoms with van der Waals surface area (Å²) in [4.78, 5) is 15.1. The van der Waals surface area contributed by atoms with Crippen LogP contribution in [0.2, 0.25) is 0 Å². The Morgan fingerprint density at radius 3 is 2.45 bits per heavy atom. The van der Waals surface area contributed by atoms with E-state index < -0.39 is 0 Å². The molecular formula is C20H23NO. The number of hydrogen-bond donors (Lipinski definition) is 0. The van der Waals surface area contributed by atoms with Gasteiger partial charge >= 0.3 is 0 Å². The van der Waals surface area contributed by atoms with Crippen molar-refractivity contribution in [3.63, 3.8) is 0 Å². The first-order valence-corrected chi connectivity index (χ1v) is 8.20. The molecule has 1 amide bonds. The van der Waals surface area contributed by atoms with Gasteiger partial charge in [0.1, 0.15) is 0 Å². The maximum absolute atomic E-state index is 13.0. The monoisotopic (exact) mass is 293 g/mol. The second-order valence-electron chi connectivity index (χ2n) is 6.03. The van der Waals surface area contributed by atoms with Crippen LogP contribution in [0.4, 0.5) is 0 Å². The molecule has 0 aromatic heterocycles. The van der Waals surface area contributed by atoms with E-state index in [1.165, 1.54) is 11.1 Å². The molecule has 2 heteroatoms. The average molecular weight is 293 g/mol. The van der Waals surface area contributed by atoms with Crippen molar-refractivity contribution in [2.45, 2.75) is 38.6 Å². The lowest BCUT2D eigenvalue weighted by atomic mass is 9.91. The Hall–Kier alpha value is -2.09. The van der Waals surface area contributed by atoms with Crippen LogP contribution >= 0.6 is 0 Å². The zero-order valence-electron chi connectivity index (χ0n) is 13.2. The Morgan fingerprint density at radius 1 is 1.05 bits per heavy atom. The van der Waals surface area contributed by atoms with E-state index in [1.54, 1.807) is 0 Å². The molecule has 1 aliphatic rings. The highest BCUT2D eigenvalue weighted by molar-refractivity contribution is 5.84. The molecule has 0 N–H and O–H groups in total. The molecule has 2 aromatic rings. The van der Waals surface area contributed by atoms with Crippen LogP contribution in [0.3, 0.4) is 0 Å². The summed E-state index contributed by atoms with van der Waals surface area (Å²) >= 11 is 0. The molecule has 0 radical (unpaired) electrons. The van der Waals surface area contributed by atoms with E-state index in [9.17, 15) is 4.79 Å². The topological polar surface area (TPSA) is 20.3 Å². The van der Waals surface area contributed by atoms with Crippen molar-refractivity contribution in [2.24, 2.45) is 0 Å². The van der Waals surface area contributed by atoms with Crippen LogP contribution < -0.4 is 0 Å². The van der Waals surface area contributed by atoms with Crippen LogP contribution in [0.15, 0.2) is 54.6 Å². The Labute approximate surface area is 132 Å². The summed E-state index contributed by atoms with van der Waals surface area (Å²) in [7, 11) is 0. The van der Waals surface area contributed by atoms with Gasteiger partial charge in [-0.05, 0) is 29.5 Å². The average Bonchev–Trinajstić information content (AvgIpc) is 2.59. The Balaban J connectivity index is 1.80. The molecule has 1 aliphatic heterocycles. The molecular weight excluding hydrogens is 270 g/mol. The maximum Gasteiger partial charge on any atom is 0.230 e. The van der Waals surface area contributed by atoms with Crippen molar-refractivity contribution < 1.29 is 4.79 Å². The minimum absolute atomic E-state index is 0.00328. The van der Waals surface area contributed by atoms with Gasteiger partial charge in [0.2, 0.25) is 5.91 Å². The van der Waals surface area contributed by atoms with Crippen LogP contribution in [0.25, 0.3) is 0 Å². The first-order chi connectivity index (χ1) is 10.8. The van der Waals surface area contributed by atoms with Crippen LogP contribution in [-0.4, -0.2) is 17.4 Å². The molecule has 0 bridgehead atoms. The summed E-state index contributed by atoms with van der Waals surface area (Å²) in [6.07, 6.45) is 2.91. The zero-order chi connectivity index (χ0) is 15.4. The molecule has 3 rings (SSSR count). The number of rotatable bonds is 4. The SMILES string of the molecule is CCCC(C(=O)N1CCc2ccccc2C1)c1ccccc1. The highest BCUT2D eigenvalue weighted by Gasteiger charge is 2.27. The predicted molar refractivity (Wildman–Crippen MR) is 89.7 cm³/mol. The molecule has 22 heavy (non-hydrogen) atoms. The quantitative estimate of drug-likeness (QED) is 0.829. The van der Waals surface area contributed by atoms with Crippen LogP contribution in [0.5, 0.6) is 0 Å². The number of benzene rings is 2. The summed E-state index contributed by atoms with van der Waals surface area (Å²) in [6.45, 7) is 3.74. The van der Waals surface area contributed by atoms with Crippen LogP contribution in [0.1, 0.15) is 42.4 Å². The summed E-state index contributed by atoms with van der Waals surface area (Å²) in [5, 5.41) is 0. The lowest BCUT2D eigenvalue weighted by Gasteiger charge is -2.32. The smallest absolute Gasteiger partial charge is 0.230 e. The van der Waals surface area contributed by atoms with Gasteiger partial charge in [0.05, 0.1) is 5.92 Å². The van der Waals surface area contributed by atoms with Gasteiger partial charge < -0.3 is 4.90 Å². The number of hydrogen-bond acceptors (Lipinski definition) is 1. The molecule has 1 heterocycles. The minimum atomic E-state index is -0.00328. The maximum atomic E-state index is 13.0. The van der Waals surface area contributed by atoms with Gasteiger partial charge in [0.25, 0.3) is 0 Å². The largest absolute Gasteiger partial charge is 0.338 e. The van der Waals surface area contributed by atoms with Gasteiger partial charge in [-0.2, -0.15) is 0 Å². The second kappa shape index (κ2) is 6.78. The zero-order valence-corrected chi connectivity index (χ0v) is 13.2. The third-order valence-corrected chi connectivity index (χ3v) is 4.52. The van der Waals surface area contributed by atoms with Crippen molar-refractivity contribution in [1.82, 2.24) is 4.90 Å². The second-order valence-corrected chi connectivity index (χ2v) is 6.03. The molecule has 0 saturated carbocycles. The number of carbonyl (C=O) groups excluding carboxylic acids is 1. The predicted octanol–water partition coefficient (Wildman–Crippen LogP) is 4.16. The van der Waals surface area contributed by atoms with E-state index in [0.29, 0.717) is 0 Å². The third kappa shape index (κ3) is 3.06. The summed E-state index contributed by atoms with van der Waals surface area (Å²) < 4.78 is 0. The fourth-order valence-corrected chi connectivity index (χ4v) is 3.31. The first-order valence-electron chi connectivity index (χ1n) is 8.20. The fraction of sp³-hybridized carbons (Fsp3) is 0.350. The molecule has 0 fully saturated rings. The van der Waals surface area contributed by atoms with Gasteiger partial charge in [0.15, 0.2) is 0 Å². The molecule has 2 aromatic carbocycles. The third-order valence-electron chi connectivity index (χ3n) is 4.52. The highest BCUT2D eigenvalue weighted by atomic mass is 16.2. The molecule has 0 aliphatic carbocycles. The van der Waals surface area contributed by atoms with E-state index in [1.807, 2.05) is 23.1 Å². The van der Waals surface area contributed by atoms with Crippen molar-refractivity contribution in [1.29, 1.82) is 0 Å². The van der Waals surface area contributed by atoms with E-state index in [4.69, 9.17) is 0 Å². The van der Waals surface area contributed by atoms with E-state index in [-0.39, 0.29) is 11.8 Å². The van der Waals surface area contributed by atoms with E-state index >= 15 is 0 Å². The molecule has 1 atom stereocenters. The van der Waals surface area contributed by atoms with Gasteiger partial charge in [-0.15, -0.1) is 0 Å². The Morgan fingerprint density at radius 2 is 1.73 bits per heavy atom. The Bertz CT molecular complexity index is 635. The summed E-state index contributed by atoms with van der Waals surface area (Å²) in [5.74, 6) is 0.277. The van der Waals surface area contributed by atoms with Gasteiger partial charge in [-0.25, -0.2) is 0 Å². The molecule has 0 spiro atoms. The molecule has 0 saturated heterocycles. The lowest BCUT2D eigenvalue weighted by molar-refractivity contribution is -0.134. The van der Waals surface area contributed by atoms with Gasteiger partial charge in [-0.3, -0.25) is 4.79 Å². The minimum Gasteiger partial charge on any atom is -0.338 e. The number of fused-ring (bicyclic) bond motifs is 1. The van der Waals surface area contributed by atoms with Gasteiger partial charge in [-0.1, -0.05) is 67.9 Å². The van der Waals surface area contributed by atoms with E-state index in [0.717, 1.165) is 37.9 Å². The van der Waals surface area contributed by atoms with Crippen LogP contribution in [0, 0.1) is 0 Å². The normalized spacial score (nSPS) is 15.2. The first kappa shape index (κ1) is 14.8. The summed E-state index contributed by atoms with van der Waals surface area (Å²) in [5.41, 5.74) is 3.83. The van der Waals surface area contributed by atoms with Crippen molar-refractivity contribution in [3.05, 3.63) is 71.3 Å². The van der Waals surface area contributed by atoms with Gasteiger partial charge in [0, 0.05) is 13.1 Å². The van der Waals surface area contributed by atoms with Crippen molar-refractivity contribution in [2.75, 3.05) is 6.54 Å². The number of carbonyl (C=O) groups is 1. The summed E-state index contributed by atoms with van der Waals surface area (Å²) in [6, 6.07) is 18.7. The fourth-order valence-electron chi connectivity index (χ4n) is 3.31. The highest BCUT2D eigenvalue weighted by Crippen LogP contribution is 2.27. The van der Waals surface area contributed by atoms with Crippen molar-refractivity contribution in [3.8, 4) is 0 Å². The molecule has 2 nitrogen and oxygen atoms in total. The van der Waals surface area contributed by atoms with Crippen LogP contribution in [-0.2, 0) is 17.8 Å². The number of nitrogens with zero attached hydrogens (tertiary/aromatic N) is 1. The number of amides is 1. The molecule has 114 valence electrons. The molecule has 1 unspecified atom stereocenters. The van der Waals surface area contributed by atoms with E-state index in [2.05, 4.69) is 43.3 Å². The Kier molecular flexibility index (Phi) is 4.57. The lowest BCUT2D eigenvalue weighted by Crippen LogP contribution is -2.39. The van der Waals surface area contributed by atoms with Crippen molar-refractivity contribution >= 4 is 5.91 Å².